The molecule has 11 heavy (non-hydrogen) atoms. The smallest absolute Gasteiger partial charge is 0.253 e. The Bertz CT molecular complexity index is 150. The van der Waals surface area contributed by atoms with Crippen LogP contribution in [0.5, 0.6) is 0 Å². The molecule has 0 aromatic rings. The molecule has 2 N–H and O–H groups in total. The van der Waals surface area contributed by atoms with Gasteiger partial charge >= 0.3 is 0 Å². The Balaban J connectivity index is 2.39. The van der Waals surface area contributed by atoms with E-state index in [1.54, 1.807) is 0 Å². The Morgan fingerprint density at radius 3 is 2.91 bits per heavy atom. The predicted molar refractivity (Wildman–Crippen MR) is 35.5 cm³/mol. The Kier molecular flexibility index (Phi) is 2.81. The first-order chi connectivity index (χ1) is 5.25. The summed E-state index contributed by atoms with van der Waals surface area (Å²) in [4.78, 5) is 15.9. The maximum Gasteiger partial charge on any atom is 0.253 e. The summed E-state index contributed by atoms with van der Waals surface area (Å²) in [7, 11) is 0. The van der Waals surface area contributed by atoms with Gasteiger partial charge in [0.25, 0.3) is 5.91 Å². The van der Waals surface area contributed by atoms with Crippen LogP contribution in [0.25, 0.3) is 0 Å². The quantitative estimate of drug-likeness (QED) is 0.420. The van der Waals surface area contributed by atoms with Gasteiger partial charge in [0.05, 0.1) is 0 Å². The number of amides is 1. The Morgan fingerprint density at radius 2 is 2.45 bits per heavy atom. The summed E-state index contributed by atoms with van der Waals surface area (Å²) in [6.07, 6.45) is 0.716. The van der Waals surface area contributed by atoms with Gasteiger partial charge in [-0.05, 0) is 12.8 Å². The van der Waals surface area contributed by atoms with Crippen LogP contribution in [-0.4, -0.2) is 40.6 Å². The summed E-state index contributed by atoms with van der Waals surface area (Å²) >= 11 is 0. The molecule has 0 saturated carbocycles. The molecule has 1 amide bonds. The van der Waals surface area contributed by atoms with Crippen molar-refractivity contribution in [3.8, 4) is 0 Å². The highest BCUT2D eigenvalue weighted by molar-refractivity contribution is 5.77. The van der Waals surface area contributed by atoms with E-state index < -0.39 is 6.23 Å². The lowest BCUT2D eigenvalue weighted by Crippen LogP contribution is -2.37. The fourth-order valence-corrected chi connectivity index (χ4v) is 1.18. The van der Waals surface area contributed by atoms with E-state index in [4.69, 9.17) is 10.4 Å². The van der Waals surface area contributed by atoms with Gasteiger partial charge in [0.2, 0.25) is 0 Å². The summed E-state index contributed by atoms with van der Waals surface area (Å²) in [5.41, 5.74) is 0. The average Bonchev–Trinajstić information content (AvgIpc) is 2.36. The summed E-state index contributed by atoms with van der Waals surface area (Å²) in [6.45, 7) is 0.167. The molecular formula is C6H11NO4. The van der Waals surface area contributed by atoms with Crippen LogP contribution in [0.1, 0.15) is 12.8 Å². The molecule has 1 heterocycles. The number of carbonyl (C=O) groups excluding carboxylic acids is 1. The van der Waals surface area contributed by atoms with E-state index in [0.29, 0.717) is 13.0 Å². The molecule has 5 nitrogen and oxygen atoms in total. The molecule has 5 heteroatoms. The number of hydrogen-bond acceptors (Lipinski definition) is 4. The third-order valence-electron chi connectivity index (χ3n) is 1.73. The maximum atomic E-state index is 10.9. The number of aliphatic hydroxyl groups excluding tert-OH is 1. The monoisotopic (exact) mass is 161 g/mol. The zero-order valence-electron chi connectivity index (χ0n) is 6.06. The second-order valence-corrected chi connectivity index (χ2v) is 2.48. The molecule has 0 aromatic carbocycles. The predicted octanol–water partition coefficient (Wildman–Crippen LogP) is -0.583. The van der Waals surface area contributed by atoms with Crippen molar-refractivity contribution in [3.05, 3.63) is 0 Å². The van der Waals surface area contributed by atoms with E-state index in [0.717, 1.165) is 6.42 Å². The minimum Gasteiger partial charge on any atom is -0.374 e. The molecule has 0 spiro atoms. The van der Waals surface area contributed by atoms with Gasteiger partial charge in [0, 0.05) is 6.54 Å². The van der Waals surface area contributed by atoms with Crippen molar-refractivity contribution in [2.24, 2.45) is 0 Å². The van der Waals surface area contributed by atoms with Gasteiger partial charge < -0.3 is 10.0 Å². The van der Waals surface area contributed by atoms with Gasteiger partial charge in [0.1, 0.15) is 6.23 Å². The van der Waals surface area contributed by atoms with Gasteiger partial charge in [-0.15, -0.1) is 0 Å². The van der Waals surface area contributed by atoms with Crippen molar-refractivity contribution >= 4 is 5.91 Å². The molecule has 0 bridgehead atoms. The van der Waals surface area contributed by atoms with Crippen molar-refractivity contribution in [1.29, 1.82) is 0 Å². The highest BCUT2D eigenvalue weighted by Crippen LogP contribution is 2.14. The van der Waals surface area contributed by atoms with Crippen LogP contribution in [0.15, 0.2) is 0 Å². The maximum absolute atomic E-state index is 10.9. The first kappa shape index (κ1) is 8.45. The molecule has 1 aliphatic heterocycles. The fraction of sp³-hybridized carbons (Fsp3) is 0.833. The normalized spacial score (nSPS) is 24.2. The summed E-state index contributed by atoms with van der Waals surface area (Å²) in [6, 6.07) is 0. The molecule has 1 fully saturated rings. The first-order valence-electron chi connectivity index (χ1n) is 3.49. The van der Waals surface area contributed by atoms with Gasteiger partial charge in [0.15, 0.2) is 6.61 Å². The summed E-state index contributed by atoms with van der Waals surface area (Å²) in [5.74, 6) is -0.377. The topological polar surface area (TPSA) is 70.0 Å². The second kappa shape index (κ2) is 3.66. The highest BCUT2D eigenvalue weighted by atomic mass is 17.1. The molecule has 1 aliphatic rings. The molecule has 0 aliphatic carbocycles. The molecule has 0 radical (unpaired) electrons. The van der Waals surface area contributed by atoms with Crippen LogP contribution in [0.2, 0.25) is 0 Å². The van der Waals surface area contributed by atoms with E-state index in [1.165, 1.54) is 4.90 Å². The number of likely N-dealkylation sites (tertiary alicyclic amines) is 1. The zero-order valence-corrected chi connectivity index (χ0v) is 6.06. The van der Waals surface area contributed by atoms with Crippen LogP contribution < -0.4 is 0 Å². The van der Waals surface area contributed by atoms with E-state index in [1.807, 2.05) is 0 Å². The second-order valence-electron chi connectivity index (χ2n) is 2.48. The van der Waals surface area contributed by atoms with E-state index in [-0.39, 0.29) is 12.5 Å². The lowest BCUT2D eigenvalue weighted by Gasteiger charge is -2.18. The van der Waals surface area contributed by atoms with Crippen LogP contribution in [0.4, 0.5) is 0 Å². The number of aliphatic hydroxyl groups is 1. The Morgan fingerprint density at radius 1 is 1.73 bits per heavy atom. The van der Waals surface area contributed by atoms with Crippen molar-refractivity contribution in [1.82, 2.24) is 4.90 Å². The molecule has 1 saturated heterocycles. The summed E-state index contributed by atoms with van der Waals surface area (Å²) < 4.78 is 0. The SMILES string of the molecule is O=C(COO)N1CCCC1O. The molecule has 1 rings (SSSR count). The van der Waals surface area contributed by atoms with E-state index >= 15 is 0 Å². The van der Waals surface area contributed by atoms with Crippen molar-refractivity contribution in [3.63, 3.8) is 0 Å². The minimum atomic E-state index is -0.697. The van der Waals surface area contributed by atoms with Gasteiger partial charge in [-0.3, -0.25) is 10.1 Å². The zero-order chi connectivity index (χ0) is 8.27. The largest absolute Gasteiger partial charge is 0.374 e. The standard InChI is InChI=1S/C6H11NO4/c8-5-2-1-3-7(5)6(9)4-11-10/h5,8,10H,1-4H2. The average molecular weight is 161 g/mol. The van der Waals surface area contributed by atoms with Crippen molar-refractivity contribution in [2.45, 2.75) is 19.1 Å². The molecule has 64 valence electrons. The summed E-state index contributed by atoms with van der Waals surface area (Å²) in [5, 5.41) is 17.1. The number of nitrogens with zero attached hydrogens (tertiary/aromatic N) is 1. The van der Waals surface area contributed by atoms with Crippen LogP contribution >= 0.6 is 0 Å². The Labute approximate surface area is 64.1 Å². The van der Waals surface area contributed by atoms with Gasteiger partial charge in [-0.2, -0.15) is 0 Å². The van der Waals surface area contributed by atoms with Crippen LogP contribution in [0.3, 0.4) is 0 Å². The number of hydrogen-bond donors (Lipinski definition) is 2. The third-order valence-corrected chi connectivity index (χ3v) is 1.73. The first-order valence-corrected chi connectivity index (χ1v) is 3.49. The van der Waals surface area contributed by atoms with Gasteiger partial charge in [-0.25, -0.2) is 4.89 Å². The van der Waals surface area contributed by atoms with E-state index in [2.05, 4.69) is 4.89 Å². The molecule has 1 atom stereocenters. The molecule has 1 unspecified atom stereocenters. The van der Waals surface area contributed by atoms with Crippen LogP contribution in [-0.2, 0) is 9.68 Å². The highest BCUT2D eigenvalue weighted by Gasteiger charge is 2.26. The Hall–Kier alpha value is -0.650. The van der Waals surface area contributed by atoms with Gasteiger partial charge in [-0.1, -0.05) is 0 Å². The van der Waals surface area contributed by atoms with Crippen molar-refractivity contribution in [2.75, 3.05) is 13.2 Å². The lowest BCUT2D eigenvalue weighted by molar-refractivity contribution is -0.242. The third kappa shape index (κ3) is 1.89. The molecular weight excluding hydrogens is 150 g/mol. The van der Waals surface area contributed by atoms with Crippen LogP contribution in [0, 0.1) is 0 Å². The minimum absolute atomic E-state index is 0.377. The molecule has 0 aromatic heterocycles. The van der Waals surface area contributed by atoms with Crippen molar-refractivity contribution < 1.29 is 20.0 Å². The lowest BCUT2D eigenvalue weighted by atomic mass is 10.4. The number of carbonyl (C=O) groups is 1. The van der Waals surface area contributed by atoms with E-state index in [9.17, 15) is 4.79 Å². The fourth-order valence-electron chi connectivity index (χ4n) is 1.18. The number of rotatable bonds is 2.